The fourth-order valence-corrected chi connectivity index (χ4v) is 2.63. The molecule has 128 valence electrons. The summed E-state index contributed by atoms with van der Waals surface area (Å²) < 4.78 is 21.5. The van der Waals surface area contributed by atoms with Gasteiger partial charge in [-0.05, 0) is 56.4 Å². The van der Waals surface area contributed by atoms with Gasteiger partial charge in [0.1, 0.15) is 5.49 Å². The molecular weight excluding hydrogens is 338 g/mol. The molecule has 23 heavy (non-hydrogen) atoms. The highest BCUT2D eigenvalue weighted by Crippen LogP contribution is 2.34. The first kappa shape index (κ1) is 19.3. The predicted molar refractivity (Wildman–Crippen MR) is 96.4 cm³/mol. The second-order valence-electron chi connectivity index (χ2n) is 5.20. The first-order valence-electron chi connectivity index (χ1n) is 7.18. The minimum absolute atomic E-state index is 0.313. The summed E-state index contributed by atoms with van der Waals surface area (Å²) in [6, 6.07) is -0.313. The molecule has 3 N–H and O–H groups in total. The van der Waals surface area contributed by atoms with Gasteiger partial charge in [-0.2, -0.15) is 8.42 Å². The number of hydrogen-bond acceptors (Lipinski definition) is 3. The van der Waals surface area contributed by atoms with Crippen LogP contribution in [0.1, 0.15) is 28.7 Å². The molecule has 1 rings (SSSR count). The number of nitrogens with one attached hydrogen (secondary N) is 3. The van der Waals surface area contributed by atoms with E-state index in [2.05, 4.69) is 16.0 Å². The van der Waals surface area contributed by atoms with Gasteiger partial charge in [0.25, 0.3) is 0 Å². The molecular formula is C15H22ClN3O3S. The van der Waals surface area contributed by atoms with Gasteiger partial charge in [-0.3, -0.25) is 0 Å². The number of carbonyl (C=O) groups is 1. The fourth-order valence-electron chi connectivity index (χ4n) is 2.28. The largest absolute Gasteiger partial charge is 0.348 e. The minimum atomic E-state index is -2.32. The average molecular weight is 360 g/mol. The Morgan fingerprint density at radius 3 is 2.22 bits per heavy atom. The van der Waals surface area contributed by atoms with Crippen molar-refractivity contribution >= 4 is 44.8 Å². The minimum Gasteiger partial charge on any atom is -0.348 e. The monoisotopic (exact) mass is 359 g/mol. The summed E-state index contributed by atoms with van der Waals surface area (Å²) in [6.45, 7) is 8.08. The SMILES string of the molecule is Cc1c(C)c(NC=S(=O)=O)c(C)c(NC(=O)NCCCCl)c1C. The van der Waals surface area contributed by atoms with E-state index in [1.807, 2.05) is 27.7 Å². The molecule has 0 saturated heterocycles. The van der Waals surface area contributed by atoms with Gasteiger partial charge >= 0.3 is 6.03 Å². The van der Waals surface area contributed by atoms with Gasteiger partial charge in [0.05, 0.1) is 5.69 Å². The summed E-state index contributed by atoms with van der Waals surface area (Å²) in [7, 11) is -2.32. The van der Waals surface area contributed by atoms with Crippen molar-refractivity contribution < 1.29 is 13.2 Å². The van der Waals surface area contributed by atoms with Crippen LogP contribution in [-0.2, 0) is 10.3 Å². The molecule has 1 aromatic rings. The molecule has 0 unspecified atom stereocenters. The van der Waals surface area contributed by atoms with Gasteiger partial charge in [-0.1, -0.05) is 0 Å². The lowest BCUT2D eigenvalue weighted by Crippen LogP contribution is -2.30. The van der Waals surface area contributed by atoms with Crippen LogP contribution in [0.15, 0.2) is 0 Å². The quantitative estimate of drug-likeness (QED) is 0.414. The third-order valence-corrected chi connectivity index (χ3v) is 4.34. The Kier molecular flexibility index (Phi) is 7.38. The first-order chi connectivity index (χ1) is 10.8. The van der Waals surface area contributed by atoms with Gasteiger partial charge < -0.3 is 16.0 Å². The lowest BCUT2D eigenvalue weighted by atomic mass is 9.96. The normalized spacial score (nSPS) is 10.1. The lowest BCUT2D eigenvalue weighted by Gasteiger charge is -2.20. The topological polar surface area (TPSA) is 87.3 Å². The highest BCUT2D eigenvalue weighted by molar-refractivity contribution is 7.71. The number of urea groups is 1. The van der Waals surface area contributed by atoms with E-state index in [4.69, 9.17) is 11.6 Å². The van der Waals surface area contributed by atoms with E-state index in [0.29, 0.717) is 30.2 Å². The van der Waals surface area contributed by atoms with Crippen LogP contribution in [0.25, 0.3) is 0 Å². The standard InChI is InChI=1S/C15H22ClN3O3S/c1-9-10(2)13(18-8-23(21)22)12(4)14(11(9)3)19-15(20)17-7-5-6-16/h8,18H,5-7H2,1-4H3,(H2,17,19,20). The van der Waals surface area contributed by atoms with Crippen molar-refractivity contribution in [1.29, 1.82) is 0 Å². The molecule has 0 radical (unpaired) electrons. The maximum atomic E-state index is 12.0. The molecule has 0 atom stereocenters. The van der Waals surface area contributed by atoms with Gasteiger partial charge in [0.2, 0.25) is 10.3 Å². The Labute approximate surface area is 143 Å². The van der Waals surface area contributed by atoms with Crippen LogP contribution in [0.5, 0.6) is 0 Å². The fraction of sp³-hybridized carbons (Fsp3) is 0.467. The third kappa shape index (κ3) is 5.14. The molecule has 6 nitrogen and oxygen atoms in total. The number of rotatable bonds is 6. The summed E-state index contributed by atoms with van der Waals surface area (Å²) >= 11 is 5.58. The van der Waals surface area contributed by atoms with Crippen molar-refractivity contribution in [1.82, 2.24) is 5.32 Å². The van der Waals surface area contributed by atoms with Crippen molar-refractivity contribution in [3.63, 3.8) is 0 Å². The zero-order valence-electron chi connectivity index (χ0n) is 13.7. The van der Waals surface area contributed by atoms with Crippen LogP contribution in [0, 0.1) is 27.7 Å². The molecule has 2 amide bonds. The Morgan fingerprint density at radius 2 is 1.65 bits per heavy atom. The number of amides is 2. The number of hydrogen-bond donors (Lipinski definition) is 3. The predicted octanol–water partition coefficient (Wildman–Crippen LogP) is 2.72. The second kappa shape index (κ2) is 8.79. The Balaban J connectivity index is 3.16. The highest BCUT2D eigenvalue weighted by atomic mass is 35.5. The van der Waals surface area contributed by atoms with Gasteiger partial charge in [0.15, 0.2) is 0 Å². The number of carbonyl (C=O) groups excluding carboxylic acids is 1. The van der Waals surface area contributed by atoms with Crippen molar-refractivity contribution in [3.05, 3.63) is 22.3 Å². The van der Waals surface area contributed by atoms with Crippen LogP contribution in [0.3, 0.4) is 0 Å². The molecule has 0 heterocycles. The Morgan fingerprint density at radius 1 is 1.04 bits per heavy atom. The van der Waals surface area contributed by atoms with Crippen LogP contribution in [0.2, 0.25) is 0 Å². The maximum Gasteiger partial charge on any atom is 0.319 e. The highest BCUT2D eigenvalue weighted by Gasteiger charge is 2.16. The van der Waals surface area contributed by atoms with Gasteiger partial charge in [-0.25, -0.2) is 4.79 Å². The zero-order chi connectivity index (χ0) is 17.6. The molecule has 8 heteroatoms. The van der Waals surface area contributed by atoms with Crippen LogP contribution >= 0.6 is 11.6 Å². The van der Waals surface area contributed by atoms with Gasteiger partial charge in [-0.15, -0.1) is 11.6 Å². The van der Waals surface area contributed by atoms with Crippen molar-refractivity contribution in [2.75, 3.05) is 23.1 Å². The van der Waals surface area contributed by atoms with Crippen molar-refractivity contribution in [2.24, 2.45) is 0 Å². The van der Waals surface area contributed by atoms with Crippen molar-refractivity contribution in [3.8, 4) is 0 Å². The molecule has 0 spiro atoms. The van der Waals surface area contributed by atoms with E-state index in [0.717, 1.165) is 27.7 Å². The maximum absolute atomic E-state index is 12.0. The number of anilines is 2. The number of benzene rings is 1. The van der Waals surface area contributed by atoms with Crippen LogP contribution < -0.4 is 16.0 Å². The molecule has 0 aliphatic heterocycles. The van der Waals surface area contributed by atoms with Crippen LogP contribution in [-0.4, -0.2) is 32.4 Å². The molecule has 0 aliphatic rings. The molecule has 0 aliphatic carbocycles. The second-order valence-corrected chi connectivity index (χ2v) is 6.33. The summed E-state index contributed by atoms with van der Waals surface area (Å²) in [5.74, 6) is 0.484. The third-order valence-electron chi connectivity index (χ3n) is 3.76. The van der Waals surface area contributed by atoms with E-state index in [9.17, 15) is 13.2 Å². The smallest absolute Gasteiger partial charge is 0.319 e. The summed E-state index contributed by atoms with van der Waals surface area (Å²) in [5, 5.41) is 8.35. The van der Waals surface area contributed by atoms with Crippen LogP contribution in [0.4, 0.5) is 16.2 Å². The summed E-state index contributed by atoms with van der Waals surface area (Å²) in [6.07, 6.45) is 0.691. The Bertz CT molecular complexity index is 722. The first-order valence-corrected chi connectivity index (χ1v) is 8.86. The molecule has 0 fully saturated rings. The molecule has 1 aromatic carbocycles. The summed E-state index contributed by atoms with van der Waals surface area (Å²) in [5.41, 5.74) is 5.97. The van der Waals surface area contributed by atoms with E-state index in [1.165, 1.54) is 0 Å². The molecule has 0 bridgehead atoms. The number of alkyl halides is 1. The van der Waals surface area contributed by atoms with E-state index in [-0.39, 0.29) is 6.03 Å². The van der Waals surface area contributed by atoms with E-state index in [1.54, 1.807) is 0 Å². The summed E-state index contributed by atoms with van der Waals surface area (Å²) in [4.78, 5) is 12.0. The van der Waals surface area contributed by atoms with E-state index >= 15 is 0 Å². The molecule has 0 aromatic heterocycles. The average Bonchev–Trinajstić information content (AvgIpc) is 2.49. The van der Waals surface area contributed by atoms with Crippen molar-refractivity contribution in [2.45, 2.75) is 34.1 Å². The number of halogens is 1. The zero-order valence-corrected chi connectivity index (χ0v) is 15.3. The molecule has 0 saturated carbocycles. The lowest BCUT2D eigenvalue weighted by molar-refractivity contribution is 0.252. The van der Waals surface area contributed by atoms with Gasteiger partial charge in [0, 0.05) is 18.1 Å². The Hall–Kier alpha value is -1.73. The van der Waals surface area contributed by atoms with E-state index < -0.39 is 10.3 Å².